The van der Waals surface area contributed by atoms with E-state index in [4.69, 9.17) is 16.3 Å². The molecule has 94 valence electrons. The van der Waals surface area contributed by atoms with Crippen LogP contribution in [0.2, 0.25) is 5.02 Å². The molecule has 0 spiro atoms. The summed E-state index contributed by atoms with van der Waals surface area (Å²) in [5.41, 5.74) is 0.851. The smallest absolute Gasteiger partial charge is 0.307 e. The molecule has 0 fully saturated rings. The zero-order valence-electron chi connectivity index (χ0n) is 10.2. The van der Waals surface area contributed by atoms with Crippen LogP contribution in [0.15, 0.2) is 18.2 Å². The van der Waals surface area contributed by atoms with Gasteiger partial charge in [-0.1, -0.05) is 11.6 Å². The van der Waals surface area contributed by atoms with Crippen LogP contribution in [0.5, 0.6) is 5.75 Å². The number of anilines is 1. The van der Waals surface area contributed by atoms with Gasteiger partial charge in [0.15, 0.2) is 0 Å². The van der Waals surface area contributed by atoms with E-state index in [2.05, 4.69) is 4.74 Å². The van der Waals surface area contributed by atoms with Crippen LogP contribution in [0.1, 0.15) is 6.42 Å². The van der Waals surface area contributed by atoms with Crippen LogP contribution >= 0.6 is 11.6 Å². The maximum atomic E-state index is 11.1. The molecule has 0 aliphatic heterocycles. The molecule has 0 unspecified atom stereocenters. The van der Waals surface area contributed by atoms with E-state index in [1.807, 2.05) is 11.9 Å². The highest BCUT2D eigenvalue weighted by atomic mass is 35.5. The Bertz CT molecular complexity index is 395. The summed E-state index contributed by atoms with van der Waals surface area (Å²) in [6.07, 6.45) is 0.322. The van der Waals surface area contributed by atoms with Crippen LogP contribution in [0.3, 0.4) is 0 Å². The molecule has 0 atom stereocenters. The van der Waals surface area contributed by atoms with Crippen molar-refractivity contribution in [2.75, 3.05) is 32.7 Å². The van der Waals surface area contributed by atoms with Gasteiger partial charge in [0.2, 0.25) is 0 Å². The third-order valence-corrected chi connectivity index (χ3v) is 2.67. The number of ether oxygens (including phenoxy) is 2. The quantitative estimate of drug-likeness (QED) is 0.759. The van der Waals surface area contributed by atoms with Gasteiger partial charge in [-0.2, -0.15) is 0 Å². The van der Waals surface area contributed by atoms with Gasteiger partial charge in [0.05, 0.1) is 26.3 Å². The van der Waals surface area contributed by atoms with Crippen molar-refractivity contribution in [2.24, 2.45) is 0 Å². The number of esters is 1. The normalized spacial score (nSPS) is 9.88. The molecule has 0 saturated carbocycles. The Balaban J connectivity index is 2.76. The van der Waals surface area contributed by atoms with E-state index in [0.717, 1.165) is 11.4 Å². The number of hydrogen-bond donors (Lipinski definition) is 0. The Morgan fingerprint density at radius 2 is 2.12 bits per heavy atom. The van der Waals surface area contributed by atoms with Gasteiger partial charge < -0.3 is 14.4 Å². The summed E-state index contributed by atoms with van der Waals surface area (Å²) in [5.74, 6) is 0.486. The molecule has 0 aliphatic carbocycles. The average molecular weight is 258 g/mol. The van der Waals surface area contributed by atoms with Crippen LogP contribution < -0.4 is 9.64 Å². The number of nitrogens with zero attached hydrogens (tertiary/aromatic N) is 1. The van der Waals surface area contributed by atoms with Gasteiger partial charge in [0.25, 0.3) is 0 Å². The predicted octanol–water partition coefficient (Wildman–Crippen LogP) is 2.35. The van der Waals surface area contributed by atoms with Gasteiger partial charge >= 0.3 is 5.97 Å². The van der Waals surface area contributed by atoms with Gasteiger partial charge in [-0.25, -0.2) is 0 Å². The summed E-state index contributed by atoms with van der Waals surface area (Å²) in [6.45, 7) is 0.545. The Kier molecular flexibility index (Phi) is 5.10. The molecule has 5 heteroatoms. The maximum Gasteiger partial charge on any atom is 0.307 e. The van der Waals surface area contributed by atoms with Crippen molar-refractivity contribution in [2.45, 2.75) is 6.42 Å². The molecule has 0 N–H and O–H groups in total. The molecule has 17 heavy (non-hydrogen) atoms. The van der Waals surface area contributed by atoms with E-state index in [9.17, 15) is 4.79 Å². The molecule has 0 heterocycles. The molecule has 0 saturated heterocycles. The lowest BCUT2D eigenvalue weighted by atomic mass is 10.2. The molecule has 1 aromatic carbocycles. The second kappa shape index (κ2) is 6.35. The van der Waals surface area contributed by atoms with Crippen LogP contribution in [-0.4, -0.2) is 33.8 Å². The van der Waals surface area contributed by atoms with Crippen molar-refractivity contribution in [3.63, 3.8) is 0 Å². The zero-order chi connectivity index (χ0) is 12.8. The molecule has 1 rings (SSSR count). The fourth-order valence-electron chi connectivity index (χ4n) is 1.44. The summed E-state index contributed by atoms with van der Waals surface area (Å²) >= 11 is 5.93. The van der Waals surface area contributed by atoms with E-state index in [0.29, 0.717) is 18.0 Å². The van der Waals surface area contributed by atoms with Gasteiger partial charge in [0, 0.05) is 18.6 Å². The van der Waals surface area contributed by atoms with Gasteiger partial charge in [0.1, 0.15) is 5.75 Å². The Hall–Kier alpha value is -1.42. The maximum absolute atomic E-state index is 11.1. The lowest BCUT2D eigenvalue weighted by molar-refractivity contribution is -0.140. The van der Waals surface area contributed by atoms with Crippen LogP contribution in [0.25, 0.3) is 0 Å². The first-order valence-corrected chi connectivity index (χ1v) is 5.57. The first-order valence-electron chi connectivity index (χ1n) is 5.20. The van der Waals surface area contributed by atoms with Crippen molar-refractivity contribution in [3.8, 4) is 5.75 Å². The third-order valence-electron chi connectivity index (χ3n) is 2.43. The monoisotopic (exact) mass is 257 g/mol. The lowest BCUT2D eigenvalue weighted by Crippen LogP contribution is -2.22. The molecule has 1 aromatic rings. The van der Waals surface area contributed by atoms with E-state index in [-0.39, 0.29) is 5.97 Å². The Morgan fingerprint density at radius 1 is 1.41 bits per heavy atom. The molecule has 0 bridgehead atoms. The zero-order valence-corrected chi connectivity index (χ0v) is 11.0. The molecule has 0 aliphatic rings. The fraction of sp³-hybridized carbons (Fsp3) is 0.417. The largest absolute Gasteiger partial charge is 0.495 e. The highest BCUT2D eigenvalue weighted by Gasteiger charge is 2.10. The second-order valence-electron chi connectivity index (χ2n) is 3.56. The van der Waals surface area contributed by atoms with Crippen molar-refractivity contribution in [1.29, 1.82) is 0 Å². The minimum atomic E-state index is -0.238. The number of methoxy groups -OCH3 is 2. The van der Waals surface area contributed by atoms with Crippen molar-refractivity contribution in [3.05, 3.63) is 23.2 Å². The van der Waals surface area contributed by atoms with E-state index in [1.165, 1.54) is 7.11 Å². The number of carbonyl (C=O) groups is 1. The van der Waals surface area contributed by atoms with E-state index in [1.54, 1.807) is 25.3 Å². The molecule has 0 radical (unpaired) electrons. The highest BCUT2D eigenvalue weighted by molar-refractivity contribution is 6.30. The van der Waals surface area contributed by atoms with Crippen molar-refractivity contribution in [1.82, 2.24) is 0 Å². The van der Waals surface area contributed by atoms with E-state index < -0.39 is 0 Å². The number of rotatable bonds is 5. The molecule has 0 aromatic heterocycles. The minimum absolute atomic E-state index is 0.238. The lowest BCUT2D eigenvalue weighted by Gasteiger charge is -2.21. The number of carbonyl (C=O) groups excluding carboxylic acids is 1. The first kappa shape index (κ1) is 13.6. The minimum Gasteiger partial charge on any atom is -0.495 e. The second-order valence-corrected chi connectivity index (χ2v) is 4.00. The number of benzene rings is 1. The summed E-state index contributed by atoms with van der Waals surface area (Å²) < 4.78 is 9.83. The summed E-state index contributed by atoms with van der Waals surface area (Å²) in [6, 6.07) is 5.36. The number of halogens is 1. The molecule has 4 nitrogen and oxygen atoms in total. The van der Waals surface area contributed by atoms with Crippen LogP contribution in [-0.2, 0) is 9.53 Å². The summed E-state index contributed by atoms with van der Waals surface area (Å²) in [5, 5.41) is 0.630. The topological polar surface area (TPSA) is 38.8 Å². The van der Waals surface area contributed by atoms with E-state index >= 15 is 0 Å². The Morgan fingerprint density at radius 3 is 2.71 bits per heavy atom. The highest BCUT2D eigenvalue weighted by Crippen LogP contribution is 2.30. The predicted molar refractivity (Wildman–Crippen MR) is 67.9 cm³/mol. The fourth-order valence-corrected chi connectivity index (χ4v) is 1.61. The molecular weight excluding hydrogens is 242 g/mol. The van der Waals surface area contributed by atoms with Crippen molar-refractivity contribution < 1.29 is 14.3 Å². The summed E-state index contributed by atoms with van der Waals surface area (Å²) in [7, 11) is 4.85. The van der Waals surface area contributed by atoms with Gasteiger partial charge in [-0.05, 0) is 18.2 Å². The first-order chi connectivity index (χ1) is 8.08. The van der Waals surface area contributed by atoms with Gasteiger partial charge in [-0.3, -0.25) is 4.79 Å². The number of hydrogen-bond acceptors (Lipinski definition) is 4. The average Bonchev–Trinajstić information content (AvgIpc) is 2.35. The van der Waals surface area contributed by atoms with Gasteiger partial charge in [-0.15, -0.1) is 0 Å². The summed E-state index contributed by atoms with van der Waals surface area (Å²) in [4.78, 5) is 13.0. The molecule has 0 amide bonds. The Labute approximate surface area is 106 Å². The van der Waals surface area contributed by atoms with Crippen LogP contribution in [0, 0.1) is 0 Å². The van der Waals surface area contributed by atoms with Crippen LogP contribution in [0.4, 0.5) is 5.69 Å². The molecular formula is C12H16ClNO3. The third kappa shape index (κ3) is 3.82. The SMILES string of the molecule is COC(=O)CCN(C)c1cc(Cl)ccc1OC. The van der Waals surface area contributed by atoms with Crippen molar-refractivity contribution >= 4 is 23.3 Å². The standard InChI is InChI=1S/C12H16ClNO3/c1-14(7-6-12(15)17-3)10-8-9(13)4-5-11(10)16-2/h4-5,8H,6-7H2,1-3H3.